The average molecular weight is 1610 g/mol. The van der Waals surface area contributed by atoms with Gasteiger partial charge in [-0.25, -0.2) is 9.59 Å². The zero-order valence-electron chi connectivity index (χ0n) is 62.3. The van der Waals surface area contributed by atoms with Crippen LogP contribution in [-0.4, -0.2) is 289 Å². The third-order valence-electron chi connectivity index (χ3n) is 17.8. The van der Waals surface area contributed by atoms with Crippen molar-refractivity contribution in [3.8, 4) is 22.3 Å². The van der Waals surface area contributed by atoms with Gasteiger partial charge in [0.05, 0.1) is 103 Å². The van der Waals surface area contributed by atoms with Crippen LogP contribution in [0.1, 0.15) is 73.1 Å². The Balaban J connectivity index is 0.653. The Morgan fingerprint density at radius 1 is 0.455 bits per heavy atom. The molecule has 0 spiro atoms. The van der Waals surface area contributed by atoms with E-state index >= 15 is 0 Å². The number of amides is 6. The Labute approximate surface area is 655 Å². The number of aliphatic carboxylic acids is 2. The van der Waals surface area contributed by atoms with Crippen LogP contribution in [0.3, 0.4) is 0 Å². The minimum absolute atomic E-state index is 0.135. The highest BCUT2D eigenvalue weighted by Crippen LogP contribution is 2.36. The van der Waals surface area contributed by atoms with Gasteiger partial charge in [0, 0.05) is 101 Å². The summed E-state index contributed by atoms with van der Waals surface area (Å²) in [5.41, 5.74) is 3.12. The number of carbonyl (C=O) groups is 8. The van der Waals surface area contributed by atoms with Crippen LogP contribution in [0, 0.1) is 0 Å². The number of carboxylic acid groups (broad SMARTS) is 2. The fraction of sp³-hybridized carbons (Fsp3) is 0.526. The van der Waals surface area contributed by atoms with Crippen molar-refractivity contribution in [2.75, 3.05) is 139 Å². The fourth-order valence-electron chi connectivity index (χ4n) is 12.0. The van der Waals surface area contributed by atoms with Crippen LogP contribution in [0.5, 0.6) is 0 Å². The van der Waals surface area contributed by atoms with E-state index in [0.29, 0.717) is 35.9 Å². The Bertz CT molecular complexity index is 3610. The molecular formula is C76H102N8O26S2. The van der Waals surface area contributed by atoms with Gasteiger partial charge in [-0.3, -0.25) is 38.4 Å². The number of ether oxygens (including phenoxy) is 8. The molecule has 112 heavy (non-hydrogen) atoms. The highest BCUT2D eigenvalue weighted by atomic mass is 32.2. The van der Waals surface area contributed by atoms with Gasteiger partial charge in [0.15, 0.2) is 0 Å². The summed E-state index contributed by atoms with van der Waals surface area (Å²) in [4.78, 5) is 125. The van der Waals surface area contributed by atoms with E-state index in [1.807, 2.05) is 60.7 Å². The molecule has 5 aromatic carbocycles. The predicted octanol–water partition coefficient (Wildman–Crippen LogP) is -0.0264. The summed E-state index contributed by atoms with van der Waals surface area (Å²) in [6.45, 7) is 3.52. The summed E-state index contributed by atoms with van der Waals surface area (Å²) in [5, 5.41) is 109. The molecule has 0 saturated carbocycles. The van der Waals surface area contributed by atoms with Crippen molar-refractivity contribution in [2.24, 2.45) is 0 Å². The zero-order chi connectivity index (χ0) is 81.0. The molecule has 6 amide bonds. The van der Waals surface area contributed by atoms with E-state index in [2.05, 4.69) is 42.5 Å². The van der Waals surface area contributed by atoms with Crippen molar-refractivity contribution in [1.82, 2.24) is 31.9 Å². The highest BCUT2D eigenvalue weighted by Gasteiger charge is 2.57. The molecule has 614 valence electrons. The first-order chi connectivity index (χ1) is 53.8. The topological polar surface area (TPSA) is 503 Å². The molecule has 2 heterocycles. The van der Waals surface area contributed by atoms with Gasteiger partial charge in [-0.05, 0) is 70.9 Å². The maximum absolute atomic E-state index is 13.0. The zero-order valence-corrected chi connectivity index (χ0v) is 63.9. The van der Waals surface area contributed by atoms with Crippen LogP contribution in [0.4, 0.5) is 11.4 Å². The Morgan fingerprint density at radius 3 is 1.13 bits per heavy atom. The molecule has 0 aliphatic carbocycles. The summed E-state index contributed by atoms with van der Waals surface area (Å²) in [6, 6.07) is 29.7. The van der Waals surface area contributed by atoms with E-state index in [1.165, 1.54) is 23.5 Å². The Kier molecular flexibility index (Phi) is 38.2. The first-order valence-corrected chi connectivity index (χ1v) is 39.1. The summed E-state index contributed by atoms with van der Waals surface area (Å²) in [7, 11) is 0. The number of benzene rings is 4. The van der Waals surface area contributed by atoms with Crippen LogP contribution < -0.4 is 53.4 Å². The van der Waals surface area contributed by atoms with Crippen LogP contribution in [-0.2, 0) is 66.7 Å². The quantitative estimate of drug-likeness (QED) is 0.0180. The molecule has 5 aromatic rings. The lowest BCUT2D eigenvalue weighted by Gasteiger charge is -2.46. The smallest absolute Gasteiger partial charge is 0.364 e. The molecule has 16 N–H and O–H groups in total. The average Bonchev–Trinajstić information content (AvgIpc) is 0.772. The molecule has 7 rings (SSSR count). The standard InChI is InChI=1S/C76H102N8O26S2/c1-47(85)83-61-55(87)43-75(73(99)100,109-69(61)65(93)57(89)45-81-71(97)53-19-15-51(16-20-53)49-11-5-3-6-12-49)107-29-9-39-111-41-23-59(91)77-25-31-103-35-37-105-33-27-79-63-64(68(96)67(63)95)80-28-34-106-38-36-104-32-26-78-60(92)24-42-112-40-10-30-108-76(74(101)102)44-56(88)62(84-48(2)86)70(110-76)66(94)58(90)46-82-72(98)54-21-17-52(18-22-54)50-13-7-4-8-14-50/h3-8,11-22,55-58,61-62,65-66,69-70,79-80,87-90,93-94H,9-10,23-46H2,1-2H3,(H,77,91)(H,78,92)(H,81,97)(H,82,98)(H,83,85)(H,84,86)(H,99,100)(H,101,102)/t55-,56+,57+,58-,61+,62-,65-,66-,69-,70-,75-,76-/m1/s1. The number of aliphatic hydroxyl groups is 6. The summed E-state index contributed by atoms with van der Waals surface area (Å²) in [6.07, 6.45) is -14.3. The summed E-state index contributed by atoms with van der Waals surface area (Å²) >= 11 is 2.81. The van der Waals surface area contributed by atoms with Gasteiger partial charge in [-0.15, -0.1) is 0 Å². The monoisotopic (exact) mass is 1610 g/mol. The van der Waals surface area contributed by atoms with Crippen molar-refractivity contribution in [3.05, 3.63) is 141 Å². The lowest BCUT2D eigenvalue weighted by Crippen LogP contribution is -2.68. The van der Waals surface area contributed by atoms with Crippen LogP contribution in [0.15, 0.2) is 119 Å². The van der Waals surface area contributed by atoms with Crippen molar-refractivity contribution in [1.29, 1.82) is 0 Å². The third kappa shape index (κ3) is 28.5. The first kappa shape index (κ1) is 90.7. The summed E-state index contributed by atoms with van der Waals surface area (Å²) < 4.78 is 45.3. The second kappa shape index (κ2) is 47.2. The molecule has 36 heteroatoms. The van der Waals surface area contributed by atoms with Gasteiger partial charge in [-0.1, -0.05) is 84.9 Å². The Hall–Kier alpha value is -8.54. The van der Waals surface area contributed by atoms with E-state index in [0.717, 1.165) is 36.1 Å². The van der Waals surface area contributed by atoms with Gasteiger partial charge >= 0.3 is 11.9 Å². The largest absolute Gasteiger partial charge is 0.477 e. The summed E-state index contributed by atoms with van der Waals surface area (Å²) in [5.74, 6) is -9.31. The lowest BCUT2D eigenvalue weighted by molar-refractivity contribution is -0.310. The van der Waals surface area contributed by atoms with Crippen molar-refractivity contribution in [3.63, 3.8) is 0 Å². The van der Waals surface area contributed by atoms with Gasteiger partial charge < -0.3 is 121 Å². The van der Waals surface area contributed by atoms with Gasteiger partial charge in [0.1, 0.15) is 35.8 Å². The van der Waals surface area contributed by atoms with Gasteiger partial charge in [-0.2, -0.15) is 23.5 Å². The number of hydrogen-bond donors (Lipinski definition) is 16. The molecule has 0 radical (unpaired) electrons. The number of nitrogens with one attached hydrogen (secondary N) is 8. The molecular weight excluding hydrogens is 1500 g/mol. The molecule has 2 fully saturated rings. The molecule has 0 bridgehead atoms. The number of thioether (sulfide) groups is 2. The van der Waals surface area contributed by atoms with Crippen molar-refractivity contribution in [2.45, 2.75) is 125 Å². The highest BCUT2D eigenvalue weighted by molar-refractivity contribution is 7.99. The number of carboxylic acids is 2. The molecule has 2 saturated heterocycles. The second-order valence-corrected chi connectivity index (χ2v) is 28.7. The number of anilines is 2. The second-order valence-electron chi connectivity index (χ2n) is 26.2. The lowest BCUT2D eigenvalue weighted by atomic mass is 9.88. The minimum atomic E-state index is -2.48. The van der Waals surface area contributed by atoms with Crippen LogP contribution in [0.25, 0.3) is 22.3 Å². The molecule has 0 unspecified atom stereocenters. The van der Waals surface area contributed by atoms with Crippen molar-refractivity contribution < 1.29 is 117 Å². The van der Waals surface area contributed by atoms with Crippen molar-refractivity contribution >= 4 is 82.3 Å². The number of rotatable bonds is 52. The van der Waals surface area contributed by atoms with E-state index in [-0.39, 0.29) is 139 Å². The first-order valence-electron chi connectivity index (χ1n) is 36.7. The predicted molar refractivity (Wildman–Crippen MR) is 412 cm³/mol. The number of aliphatic hydroxyl groups excluding tert-OH is 6. The van der Waals surface area contributed by atoms with E-state index < -0.39 is 145 Å². The molecule has 12 atom stereocenters. The third-order valence-corrected chi connectivity index (χ3v) is 20.0. The van der Waals surface area contributed by atoms with E-state index in [9.17, 15) is 88.8 Å². The minimum Gasteiger partial charge on any atom is -0.477 e. The molecule has 0 aromatic heterocycles. The van der Waals surface area contributed by atoms with E-state index in [4.69, 9.17) is 37.9 Å². The maximum Gasteiger partial charge on any atom is 0.364 e. The SMILES string of the molecule is CC(=O)N[C@@H]1[C@H]([C@H](O)[C@@H](O)CNC(=O)c2ccc(-c3ccccc3)cc2)O[C@@](OCCCSCCC(=O)NCCOCCOCCNc2c(NCCOCCOCCNC(=O)CCSCCCO[C@]3(C(=O)O)C[C@H](O)[C@@H](NC(C)=O)[C@H]([C@H](O)[C@H](O)CNC(=O)c4ccc(-c5ccccc5)cc4)O3)c(=O)c2=O)(C(=O)O)C[C@H]1O. The number of hydrogen-bond acceptors (Lipinski definition) is 28. The Morgan fingerprint density at radius 2 is 0.795 bits per heavy atom. The molecule has 2 aliphatic heterocycles. The van der Waals surface area contributed by atoms with E-state index in [1.54, 1.807) is 48.5 Å². The van der Waals surface area contributed by atoms with Crippen LogP contribution in [0.2, 0.25) is 0 Å². The van der Waals surface area contributed by atoms with Gasteiger partial charge in [0.2, 0.25) is 23.6 Å². The van der Waals surface area contributed by atoms with Gasteiger partial charge in [0.25, 0.3) is 34.2 Å². The molecule has 2 aliphatic rings. The fourth-order valence-corrected chi connectivity index (χ4v) is 13.7. The normalized spacial score (nSPS) is 20.6. The number of carbonyl (C=O) groups excluding carboxylic acids is 6. The molecule has 34 nitrogen and oxygen atoms in total. The maximum atomic E-state index is 13.0. The van der Waals surface area contributed by atoms with Crippen LogP contribution >= 0.6 is 23.5 Å².